The molecule has 1 saturated heterocycles. The SMILES string of the molecule is CCOc1ccc(C(O)(CCC(C)C)CCN2CCCCC2)cc1. The van der Waals surface area contributed by atoms with Crippen LogP contribution in [0.3, 0.4) is 0 Å². The van der Waals surface area contributed by atoms with E-state index in [1.807, 2.05) is 31.2 Å². The number of rotatable bonds is 9. The van der Waals surface area contributed by atoms with Crippen LogP contribution in [0.25, 0.3) is 0 Å². The van der Waals surface area contributed by atoms with Crippen molar-refractivity contribution in [1.82, 2.24) is 4.90 Å². The molecule has 1 N–H and O–H groups in total. The van der Waals surface area contributed by atoms with E-state index in [1.54, 1.807) is 0 Å². The number of benzene rings is 1. The number of aliphatic hydroxyl groups is 1. The molecule has 1 atom stereocenters. The largest absolute Gasteiger partial charge is 0.494 e. The van der Waals surface area contributed by atoms with Crippen molar-refractivity contribution in [3.63, 3.8) is 0 Å². The fraction of sp³-hybridized carbons (Fsp3) is 0.714. The summed E-state index contributed by atoms with van der Waals surface area (Å²) in [5.74, 6) is 1.48. The van der Waals surface area contributed by atoms with Gasteiger partial charge in [-0.3, -0.25) is 0 Å². The average Bonchev–Trinajstić information content (AvgIpc) is 2.60. The number of nitrogens with zero attached hydrogens (tertiary/aromatic N) is 1. The van der Waals surface area contributed by atoms with Gasteiger partial charge in [-0.15, -0.1) is 0 Å². The summed E-state index contributed by atoms with van der Waals surface area (Å²) in [5.41, 5.74) is 0.301. The average molecular weight is 334 g/mol. The smallest absolute Gasteiger partial charge is 0.119 e. The molecule has 1 heterocycles. The van der Waals surface area contributed by atoms with E-state index in [0.29, 0.717) is 12.5 Å². The van der Waals surface area contributed by atoms with E-state index in [0.717, 1.165) is 37.1 Å². The summed E-state index contributed by atoms with van der Waals surface area (Å²) in [5, 5.41) is 11.4. The maximum atomic E-state index is 11.4. The summed E-state index contributed by atoms with van der Waals surface area (Å²) in [7, 11) is 0. The molecular formula is C21H35NO2. The van der Waals surface area contributed by atoms with Crippen molar-refractivity contribution in [2.24, 2.45) is 5.92 Å². The Morgan fingerprint density at radius 3 is 2.33 bits per heavy atom. The molecule has 1 fully saturated rings. The van der Waals surface area contributed by atoms with Crippen molar-refractivity contribution in [3.8, 4) is 5.75 Å². The molecule has 136 valence electrons. The van der Waals surface area contributed by atoms with Gasteiger partial charge in [-0.05, 0) is 75.7 Å². The Morgan fingerprint density at radius 1 is 1.08 bits per heavy atom. The molecule has 3 heteroatoms. The zero-order valence-corrected chi connectivity index (χ0v) is 15.8. The first-order valence-electron chi connectivity index (χ1n) is 9.71. The first kappa shape index (κ1) is 19.3. The standard InChI is InChI=1S/C21H35NO2/c1-4-24-20-10-8-19(9-11-20)21(23,13-12-18(2)3)14-17-22-15-6-5-7-16-22/h8-11,18,23H,4-7,12-17H2,1-3H3. The van der Waals surface area contributed by atoms with E-state index in [4.69, 9.17) is 4.74 Å². The van der Waals surface area contributed by atoms with Crippen LogP contribution in [0.5, 0.6) is 5.75 Å². The van der Waals surface area contributed by atoms with E-state index >= 15 is 0 Å². The Balaban J connectivity index is 2.05. The molecule has 0 amide bonds. The van der Waals surface area contributed by atoms with Crippen LogP contribution < -0.4 is 4.74 Å². The van der Waals surface area contributed by atoms with Crippen LogP contribution >= 0.6 is 0 Å². The molecule has 3 nitrogen and oxygen atoms in total. The van der Waals surface area contributed by atoms with Crippen molar-refractivity contribution in [2.45, 2.75) is 64.9 Å². The molecule has 0 aliphatic carbocycles. The van der Waals surface area contributed by atoms with Gasteiger partial charge in [0.15, 0.2) is 0 Å². The van der Waals surface area contributed by atoms with Gasteiger partial charge in [-0.1, -0.05) is 32.4 Å². The Bertz CT molecular complexity index is 465. The summed E-state index contributed by atoms with van der Waals surface area (Å²) in [6.45, 7) is 10.5. The van der Waals surface area contributed by atoms with Gasteiger partial charge < -0.3 is 14.7 Å². The summed E-state index contributed by atoms with van der Waals surface area (Å²) in [4.78, 5) is 2.51. The molecule has 1 aliphatic rings. The van der Waals surface area contributed by atoms with Gasteiger partial charge in [-0.2, -0.15) is 0 Å². The minimum Gasteiger partial charge on any atom is -0.494 e. The lowest BCUT2D eigenvalue weighted by molar-refractivity contribution is 0.00254. The maximum Gasteiger partial charge on any atom is 0.119 e. The normalized spacial score (nSPS) is 18.5. The van der Waals surface area contributed by atoms with Crippen LogP contribution in [0.1, 0.15) is 64.9 Å². The maximum absolute atomic E-state index is 11.4. The van der Waals surface area contributed by atoms with Crippen LogP contribution in [-0.2, 0) is 5.60 Å². The zero-order valence-electron chi connectivity index (χ0n) is 15.8. The Kier molecular flexibility index (Phi) is 7.57. The third kappa shape index (κ3) is 5.78. The molecule has 1 aliphatic heterocycles. The highest BCUT2D eigenvalue weighted by molar-refractivity contribution is 5.31. The molecule has 0 saturated carbocycles. The Labute approximate surface area is 148 Å². The molecule has 0 spiro atoms. The molecule has 2 rings (SSSR count). The number of likely N-dealkylation sites (tertiary alicyclic amines) is 1. The lowest BCUT2D eigenvalue weighted by atomic mass is 9.84. The van der Waals surface area contributed by atoms with Crippen molar-refractivity contribution in [3.05, 3.63) is 29.8 Å². The number of hydrogen-bond donors (Lipinski definition) is 1. The highest BCUT2D eigenvalue weighted by Gasteiger charge is 2.30. The third-order valence-corrected chi connectivity index (χ3v) is 5.13. The van der Waals surface area contributed by atoms with E-state index in [1.165, 1.54) is 32.4 Å². The molecular weight excluding hydrogens is 298 g/mol. The van der Waals surface area contributed by atoms with Crippen LogP contribution in [-0.4, -0.2) is 36.2 Å². The van der Waals surface area contributed by atoms with Crippen LogP contribution in [0.2, 0.25) is 0 Å². The fourth-order valence-electron chi connectivity index (χ4n) is 3.50. The lowest BCUT2D eigenvalue weighted by Gasteiger charge is -2.34. The van der Waals surface area contributed by atoms with E-state index < -0.39 is 5.60 Å². The summed E-state index contributed by atoms with van der Waals surface area (Å²) >= 11 is 0. The lowest BCUT2D eigenvalue weighted by Crippen LogP contribution is -2.36. The van der Waals surface area contributed by atoms with Crippen molar-refractivity contribution in [1.29, 1.82) is 0 Å². The summed E-state index contributed by atoms with van der Waals surface area (Å²) in [6, 6.07) is 8.06. The number of ether oxygens (including phenoxy) is 1. The van der Waals surface area contributed by atoms with Crippen LogP contribution in [0.15, 0.2) is 24.3 Å². The topological polar surface area (TPSA) is 32.7 Å². The highest BCUT2D eigenvalue weighted by Crippen LogP contribution is 2.33. The van der Waals surface area contributed by atoms with Gasteiger partial charge in [0.25, 0.3) is 0 Å². The van der Waals surface area contributed by atoms with Crippen LogP contribution in [0, 0.1) is 5.92 Å². The predicted octanol–water partition coefficient (Wildman–Crippen LogP) is 4.59. The van der Waals surface area contributed by atoms with Crippen molar-refractivity contribution < 1.29 is 9.84 Å². The molecule has 1 aromatic rings. The minimum absolute atomic E-state index is 0.606. The van der Waals surface area contributed by atoms with Gasteiger partial charge >= 0.3 is 0 Å². The molecule has 0 radical (unpaired) electrons. The van der Waals surface area contributed by atoms with Gasteiger partial charge in [-0.25, -0.2) is 0 Å². The fourth-order valence-corrected chi connectivity index (χ4v) is 3.50. The Hall–Kier alpha value is -1.06. The summed E-state index contributed by atoms with van der Waals surface area (Å²) in [6.07, 6.45) is 6.64. The second-order valence-electron chi connectivity index (χ2n) is 7.57. The van der Waals surface area contributed by atoms with Gasteiger partial charge in [0.2, 0.25) is 0 Å². The third-order valence-electron chi connectivity index (χ3n) is 5.13. The quantitative estimate of drug-likeness (QED) is 0.718. The van der Waals surface area contributed by atoms with Gasteiger partial charge in [0.05, 0.1) is 12.2 Å². The molecule has 1 aromatic carbocycles. The van der Waals surface area contributed by atoms with E-state index in [9.17, 15) is 5.11 Å². The molecule has 0 bridgehead atoms. The first-order chi connectivity index (χ1) is 11.5. The van der Waals surface area contributed by atoms with E-state index in [2.05, 4.69) is 18.7 Å². The van der Waals surface area contributed by atoms with E-state index in [-0.39, 0.29) is 0 Å². The number of hydrogen-bond acceptors (Lipinski definition) is 3. The van der Waals surface area contributed by atoms with Crippen molar-refractivity contribution >= 4 is 0 Å². The van der Waals surface area contributed by atoms with Crippen LogP contribution in [0.4, 0.5) is 0 Å². The predicted molar refractivity (Wildman–Crippen MR) is 100 cm³/mol. The molecule has 24 heavy (non-hydrogen) atoms. The highest BCUT2D eigenvalue weighted by atomic mass is 16.5. The minimum atomic E-state index is -0.730. The molecule has 1 unspecified atom stereocenters. The molecule has 0 aromatic heterocycles. The first-order valence-corrected chi connectivity index (χ1v) is 9.71. The number of piperidine rings is 1. The Morgan fingerprint density at radius 2 is 1.75 bits per heavy atom. The zero-order chi connectivity index (χ0) is 17.4. The monoisotopic (exact) mass is 333 g/mol. The van der Waals surface area contributed by atoms with Gasteiger partial charge in [0, 0.05) is 6.54 Å². The summed E-state index contributed by atoms with van der Waals surface area (Å²) < 4.78 is 5.54. The van der Waals surface area contributed by atoms with Crippen molar-refractivity contribution in [2.75, 3.05) is 26.2 Å². The second-order valence-corrected chi connectivity index (χ2v) is 7.57. The van der Waals surface area contributed by atoms with Gasteiger partial charge in [0.1, 0.15) is 5.75 Å². The second kappa shape index (κ2) is 9.43.